The molecule has 0 radical (unpaired) electrons. The van der Waals surface area contributed by atoms with E-state index in [1.807, 2.05) is 29.4 Å². The number of fused-ring (bicyclic) bond motifs is 3. The molecule has 1 aromatic carbocycles. The van der Waals surface area contributed by atoms with E-state index in [0.29, 0.717) is 17.9 Å². The third kappa shape index (κ3) is 3.31. The van der Waals surface area contributed by atoms with Crippen LogP contribution in [0.2, 0.25) is 0 Å². The van der Waals surface area contributed by atoms with E-state index in [1.165, 1.54) is 34.6 Å². The van der Waals surface area contributed by atoms with Gasteiger partial charge in [-0.3, -0.25) is 4.79 Å². The van der Waals surface area contributed by atoms with Crippen molar-refractivity contribution in [3.8, 4) is 0 Å². The van der Waals surface area contributed by atoms with Gasteiger partial charge in [0.15, 0.2) is 0 Å². The Morgan fingerprint density at radius 1 is 1.14 bits per heavy atom. The van der Waals surface area contributed by atoms with Crippen LogP contribution in [0.5, 0.6) is 0 Å². The number of carbonyl (C=O) groups excluding carboxylic acids is 1. The van der Waals surface area contributed by atoms with Gasteiger partial charge in [-0.1, -0.05) is 43.5 Å². The predicted octanol–water partition coefficient (Wildman–Crippen LogP) is 6.29. The van der Waals surface area contributed by atoms with Gasteiger partial charge in [0.25, 0.3) is 5.91 Å². The van der Waals surface area contributed by atoms with Crippen LogP contribution in [0.3, 0.4) is 0 Å². The summed E-state index contributed by atoms with van der Waals surface area (Å²) in [5.74, 6) is 1.09. The molecule has 0 spiro atoms. The van der Waals surface area contributed by atoms with Crippen LogP contribution in [0.1, 0.15) is 76.2 Å². The highest BCUT2D eigenvalue weighted by Crippen LogP contribution is 2.51. The Morgan fingerprint density at radius 2 is 1.97 bits per heavy atom. The van der Waals surface area contributed by atoms with E-state index in [9.17, 15) is 4.79 Å². The van der Waals surface area contributed by atoms with Gasteiger partial charge in [0.1, 0.15) is 0 Å². The summed E-state index contributed by atoms with van der Waals surface area (Å²) in [6.45, 7) is 2.17. The molecular weight excluding hydrogens is 376 g/mol. The van der Waals surface area contributed by atoms with Crippen LogP contribution in [0.25, 0.3) is 0 Å². The molecule has 0 bridgehead atoms. The molecule has 4 heteroatoms. The number of benzene rings is 1. The molecule has 1 aromatic heterocycles. The number of nitrogens with one attached hydrogen (secondary N) is 1. The minimum absolute atomic E-state index is 0.169. The first-order valence-corrected chi connectivity index (χ1v) is 11.8. The van der Waals surface area contributed by atoms with E-state index in [-0.39, 0.29) is 11.9 Å². The van der Waals surface area contributed by atoms with Crippen LogP contribution in [0, 0.1) is 12.8 Å². The van der Waals surface area contributed by atoms with Gasteiger partial charge in [-0.25, -0.2) is 0 Å². The number of allylic oxidation sites excluding steroid dienone is 2. The number of carbonyl (C=O) groups is 1. The maximum absolute atomic E-state index is 13.5. The maximum atomic E-state index is 13.5. The largest absolute Gasteiger partial charge is 0.376 e. The molecule has 152 valence electrons. The Bertz CT molecular complexity index is 940. The molecular formula is C25H30N2OS. The quantitative estimate of drug-likeness (QED) is 0.608. The zero-order valence-electron chi connectivity index (χ0n) is 17.4. The molecule has 5 rings (SSSR count). The number of thiophene rings is 1. The lowest BCUT2D eigenvalue weighted by Gasteiger charge is -2.38. The predicted molar refractivity (Wildman–Crippen MR) is 121 cm³/mol. The van der Waals surface area contributed by atoms with Crippen molar-refractivity contribution < 1.29 is 4.79 Å². The van der Waals surface area contributed by atoms with Crippen LogP contribution < -0.4 is 5.32 Å². The molecule has 1 amide bonds. The molecule has 2 aliphatic carbocycles. The minimum Gasteiger partial charge on any atom is -0.376 e. The standard InChI is InChI=1S/C25H30N2OS/c1-16-14-15-22(29-16)24-20-12-6-10-18(20)19-11-7-13-21(23(19)26-24)25(28)27(2)17-8-4-3-5-9-17/h6-7,10-11,13-15,17-18,20,24,26H,3-5,8-9,12H2,1-2H3. The summed E-state index contributed by atoms with van der Waals surface area (Å²) in [5.41, 5.74) is 3.19. The maximum Gasteiger partial charge on any atom is 0.255 e. The Morgan fingerprint density at radius 3 is 2.72 bits per heavy atom. The van der Waals surface area contributed by atoms with E-state index in [1.54, 1.807) is 0 Å². The number of nitrogens with zero attached hydrogens (tertiary/aromatic N) is 1. The number of amides is 1. The van der Waals surface area contributed by atoms with Crippen molar-refractivity contribution in [2.24, 2.45) is 5.92 Å². The summed E-state index contributed by atoms with van der Waals surface area (Å²) in [4.78, 5) is 18.3. The van der Waals surface area contributed by atoms with Gasteiger partial charge in [0.05, 0.1) is 17.3 Å². The van der Waals surface area contributed by atoms with Crippen molar-refractivity contribution in [2.45, 2.75) is 63.5 Å². The fourth-order valence-corrected chi connectivity index (χ4v) is 6.53. The van der Waals surface area contributed by atoms with E-state index < -0.39 is 0 Å². The Labute approximate surface area is 177 Å². The van der Waals surface area contributed by atoms with Gasteiger partial charge in [0.2, 0.25) is 0 Å². The fourth-order valence-electron chi connectivity index (χ4n) is 5.53. The molecule has 1 aliphatic heterocycles. The number of anilines is 1. The molecule has 1 N–H and O–H groups in total. The highest BCUT2D eigenvalue weighted by Gasteiger charge is 2.40. The topological polar surface area (TPSA) is 32.3 Å². The first kappa shape index (κ1) is 18.9. The van der Waals surface area contributed by atoms with Crippen LogP contribution in [0.4, 0.5) is 5.69 Å². The van der Waals surface area contributed by atoms with Gasteiger partial charge in [-0.2, -0.15) is 0 Å². The number of para-hydroxylation sites is 1. The van der Waals surface area contributed by atoms with Crippen LogP contribution in [-0.4, -0.2) is 23.9 Å². The molecule has 1 fully saturated rings. The molecule has 1 saturated carbocycles. The monoisotopic (exact) mass is 406 g/mol. The molecule has 2 aromatic rings. The lowest BCUT2D eigenvalue weighted by Crippen LogP contribution is -2.39. The summed E-state index contributed by atoms with van der Waals surface area (Å²) in [6.07, 6.45) is 11.8. The van der Waals surface area contributed by atoms with Crippen molar-refractivity contribution in [2.75, 3.05) is 12.4 Å². The van der Waals surface area contributed by atoms with Crippen molar-refractivity contribution in [3.63, 3.8) is 0 Å². The van der Waals surface area contributed by atoms with E-state index >= 15 is 0 Å². The highest BCUT2D eigenvalue weighted by molar-refractivity contribution is 7.12. The normalized spacial score (nSPS) is 25.9. The van der Waals surface area contributed by atoms with Crippen LogP contribution in [-0.2, 0) is 0 Å². The van der Waals surface area contributed by atoms with E-state index in [4.69, 9.17) is 0 Å². The minimum atomic E-state index is 0.169. The Balaban J connectivity index is 1.51. The second-order valence-electron chi connectivity index (χ2n) is 8.90. The van der Waals surface area contributed by atoms with Gasteiger partial charge in [-0.05, 0) is 55.9 Å². The first-order chi connectivity index (χ1) is 14.1. The van der Waals surface area contributed by atoms with E-state index in [0.717, 1.165) is 30.5 Å². The molecule has 29 heavy (non-hydrogen) atoms. The molecule has 2 heterocycles. The molecule has 3 unspecified atom stereocenters. The smallest absolute Gasteiger partial charge is 0.255 e. The second-order valence-corrected chi connectivity index (χ2v) is 10.2. The number of hydrogen-bond acceptors (Lipinski definition) is 3. The van der Waals surface area contributed by atoms with E-state index in [2.05, 4.69) is 48.7 Å². The summed E-state index contributed by atoms with van der Waals surface area (Å²) in [6, 6.07) is 11.4. The SMILES string of the molecule is Cc1ccc(C2Nc3c(C(=O)N(C)C4CCCCC4)cccc3C3C=CCC32)s1. The molecule has 3 aliphatic rings. The van der Waals surface area contributed by atoms with Crippen LogP contribution in [0.15, 0.2) is 42.5 Å². The third-order valence-electron chi connectivity index (χ3n) is 7.14. The van der Waals surface area contributed by atoms with Gasteiger partial charge in [0, 0.05) is 28.8 Å². The van der Waals surface area contributed by atoms with Crippen molar-refractivity contribution in [1.82, 2.24) is 4.90 Å². The summed E-state index contributed by atoms with van der Waals surface area (Å²) in [5, 5.41) is 3.83. The Kier molecular flexibility index (Phi) is 4.99. The molecule has 3 nitrogen and oxygen atoms in total. The average molecular weight is 407 g/mol. The second kappa shape index (κ2) is 7.64. The number of aryl methyl sites for hydroxylation is 1. The highest BCUT2D eigenvalue weighted by atomic mass is 32.1. The first-order valence-electron chi connectivity index (χ1n) is 11.0. The van der Waals surface area contributed by atoms with Gasteiger partial charge in [-0.15, -0.1) is 11.3 Å². The summed E-state index contributed by atoms with van der Waals surface area (Å²) >= 11 is 1.88. The van der Waals surface area contributed by atoms with Gasteiger partial charge >= 0.3 is 0 Å². The number of hydrogen-bond donors (Lipinski definition) is 1. The molecule has 0 saturated heterocycles. The van der Waals surface area contributed by atoms with Crippen molar-refractivity contribution >= 4 is 22.9 Å². The van der Waals surface area contributed by atoms with Crippen LogP contribution >= 0.6 is 11.3 Å². The Hall–Kier alpha value is -2.07. The third-order valence-corrected chi connectivity index (χ3v) is 8.22. The summed E-state index contributed by atoms with van der Waals surface area (Å²) < 4.78 is 0. The number of rotatable bonds is 3. The van der Waals surface area contributed by atoms with Crippen molar-refractivity contribution in [1.29, 1.82) is 0 Å². The lowest BCUT2D eigenvalue weighted by atomic mass is 9.78. The summed E-state index contributed by atoms with van der Waals surface area (Å²) in [7, 11) is 2.00. The zero-order valence-corrected chi connectivity index (χ0v) is 18.2. The molecule has 3 atom stereocenters. The lowest BCUT2D eigenvalue weighted by molar-refractivity contribution is 0.0697. The zero-order chi connectivity index (χ0) is 20.0. The van der Waals surface area contributed by atoms with Gasteiger partial charge < -0.3 is 10.2 Å². The van der Waals surface area contributed by atoms with Crippen molar-refractivity contribution in [3.05, 3.63) is 63.4 Å². The average Bonchev–Trinajstić information content (AvgIpc) is 3.42. The fraction of sp³-hybridized carbons (Fsp3) is 0.480.